The number of carbonyl (C=O) groups excluding carboxylic acids is 2. The topological polar surface area (TPSA) is 105 Å². The van der Waals surface area contributed by atoms with Gasteiger partial charge >= 0.3 is 0 Å². The van der Waals surface area contributed by atoms with Crippen LogP contribution in [-0.4, -0.2) is 21.9 Å². The van der Waals surface area contributed by atoms with Crippen LogP contribution < -0.4 is 5.32 Å². The van der Waals surface area contributed by atoms with Crippen LogP contribution in [0.15, 0.2) is 34.0 Å². The van der Waals surface area contributed by atoms with Crippen molar-refractivity contribution in [2.45, 2.75) is 32.7 Å². The first-order valence-corrected chi connectivity index (χ1v) is 7.56. The minimum absolute atomic E-state index is 0.142. The molecule has 124 valence electrons. The SMILES string of the molecule is Cc1cc(Nc2ccc(CN3C(=O)CCCC3=O)cc2N=O)no1. The number of hydrogen-bond donors (Lipinski definition) is 1. The van der Waals surface area contributed by atoms with Crippen LogP contribution in [0.4, 0.5) is 17.2 Å². The monoisotopic (exact) mass is 328 g/mol. The second kappa shape index (κ2) is 6.61. The molecule has 8 heteroatoms. The molecule has 0 bridgehead atoms. The maximum atomic E-state index is 11.9. The van der Waals surface area contributed by atoms with E-state index in [2.05, 4.69) is 15.7 Å². The highest BCUT2D eigenvalue weighted by atomic mass is 16.5. The molecule has 2 heterocycles. The van der Waals surface area contributed by atoms with Crippen molar-refractivity contribution in [2.24, 2.45) is 5.18 Å². The number of aromatic nitrogens is 1. The predicted molar refractivity (Wildman–Crippen MR) is 85.8 cm³/mol. The maximum Gasteiger partial charge on any atom is 0.229 e. The molecule has 0 spiro atoms. The fraction of sp³-hybridized carbons (Fsp3) is 0.312. The zero-order valence-corrected chi connectivity index (χ0v) is 13.1. The summed E-state index contributed by atoms with van der Waals surface area (Å²) in [6.45, 7) is 1.90. The third kappa shape index (κ3) is 3.32. The molecule has 0 radical (unpaired) electrons. The summed E-state index contributed by atoms with van der Waals surface area (Å²) < 4.78 is 4.96. The van der Waals surface area contributed by atoms with E-state index in [0.717, 1.165) is 0 Å². The molecule has 0 aliphatic carbocycles. The molecule has 1 aromatic heterocycles. The number of benzene rings is 1. The average Bonchev–Trinajstić information content (AvgIpc) is 2.97. The lowest BCUT2D eigenvalue weighted by Gasteiger charge is -2.25. The third-order valence-electron chi connectivity index (χ3n) is 3.78. The molecule has 1 aliphatic rings. The molecule has 1 saturated heterocycles. The highest BCUT2D eigenvalue weighted by Gasteiger charge is 2.26. The van der Waals surface area contributed by atoms with E-state index < -0.39 is 0 Å². The van der Waals surface area contributed by atoms with Crippen molar-refractivity contribution < 1.29 is 14.1 Å². The van der Waals surface area contributed by atoms with Crippen molar-refractivity contribution in [1.29, 1.82) is 0 Å². The number of aryl methyl sites for hydroxylation is 1. The van der Waals surface area contributed by atoms with Gasteiger partial charge in [0.1, 0.15) is 11.4 Å². The number of nitrogens with one attached hydrogen (secondary N) is 1. The number of nitrogens with zero attached hydrogens (tertiary/aromatic N) is 3. The van der Waals surface area contributed by atoms with Gasteiger partial charge in [0.15, 0.2) is 5.82 Å². The molecular formula is C16H16N4O4. The highest BCUT2D eigenvalue weighted by molar-refractivity contribution is 5.97. The van der Waals surface area contributed by atoms with Gasteiger partial charge in [-0.05, 0) is 36.2 Å². The van der Waals surface area contributed by atoms with Gasteiger partial charge in [0.25, 0.3) is 0 Å². The lowest BCUT2D eigenvalue weighted by Crippen LogP contribution is -2.39. The number of imide groups is 1. The molecule has 3 rings (SSSR count). The van der Waals surface area contributed by atoms with Crippen molar-refractivity contribution in [3.8, 4) is 0 Å². The van der Waals surface area contributed by atoms with Crippen LogP contribution in [0.1, 0.15) is 30.6 Å². The van der Waals surface area contributed by atoms with Gasteiger partial charge in [-0.3, -0.25) is 14.5 Å². The van der Waals surface area contributed by atoms with E-state index in [1.54, 1.807) is 31.2 Å². The molecule has 1 fully saturated rings. The fourth-order valence-corrected chi connectivity index (χ4v) is 2.58. The second-order valence-corrected chi connectivity index (χ2v) is 5.62. The Morgan fingerprint density at radius 2 is 2.00 bits per heavy atom. The molecule has 1 aromatic carbocycles. The minimum atomic E-state index is -0.188. The summed E-state index contributed by atoms with van der Waals surface area (Å²) in [7, 11) is 0. The molecule has 1 N–H and O–H groups in total. The van der Waals surface area contributed by atoms with Crippen molar-refractivity contribution in [3.05, 3.63) is 40.5 Å². The van der Waals surface area contributed by atoms with E-state index in [1.165, 1.54) is 4.90 Å². The summed E-state index contributed by atoms with van der Waals surface area (Å²) in [6.07, 6.45) is 1.33. The van der Waals surface area contributed by atoms with Gasteiger partial charge in [-0.2, -0.15) is 0 Å². The van der Waals surface area contributed by atoms with Gasteiger partial charge in [-0.1, -0.05) is 11.2 Å². The van der Waals surface area contributed by atoms with Gasteiger partial charge in [0.2, 0.25) is 11.8 Å². The van der Waals surface area contributed by atoms with Crippen LogP contribution in [0.2, 0.25) is 0 Å². The largest absolute Gasteiger partial charge is 0.360 e. The van der Waals surface area contributed by atoms with Gasteiger partial charge < -0.3 is 9.84 Å². The van der Waals surface area contributed by atoms with Crippen molar-refractivity contribution in [1.82, 2.24) is 10.1 Å². The molecule has 0 saturated carbocycles. The smallest absolute Gasteiger partial charge is 0.229 e. The third-order valence-corrected chi connectivity index (χ3v) is 3.78. The molecule has 2 amide bonds. The lowest BCUT2D eigenvalue weighted by molar-refractivity contribution is -0.148. The Labute approximate surface area is 137 Å². The van der Waals surface area contributed by atoms with E-state index >= 15 is 0 Å². The summed E-state index contributed by atoms with van der Waals surface area (Å²) in [4.78, 5) is 36.1. The van der Waals surface area contributed by atoms with Crippen LogP contribution in [0.25, 0.3) is 0 Å². The Morgan fingerprint density at radius 1 is 1.25 bits per heavy atom. The molecule has 0 atom stereocenters. The summed E-state index contributed by atoms with van der Waals surface area (Å²) in [5, 5.41) is 9.75. The molecule has 24 heavy (non-hydrogen) atoms. The van der Waals surface area contributed by atoms with Crippen LogP contribution in [0.5, 0.6) is 0 Å². The first kappa shape index (κ1) is 15.9. The lowest BCUT2D eigenvalue weighted by atomic mass is 10.1. The van der Waals surface area contributed by atoms with Crippen molar-refractivity contribution in [2.75, 3.05) is 5.32 Å². The summed E-state index contributed by atoms with van der Waals surface area (Å²) in [5.74, 6) is 0.725. The number of nitroso groups, excluding NO2 is 1. The van der Waals surface area contributed by atoms with E-state index in [1.807, 2.05) is 0 Å². The van der Waals surface area contributed by atoms with E-state index in [4.69, 9.17) is 4.52 Å². The van der Waals surface area contributed by atoms with Crippen LogP contribution >= 0.6 is 0 Å². The number of piperidine rings is 1. The Hall–Kier alpha value is -3.03. The van der Waals surface area contributed by atoms with Gasteiger partial charge in [-0.15, -0.1) is 4.91 Å². The first-order chi connectivity index (χ1) is 11.6. The first-order valence-electron chi connectivity index (χ1n) is 7.56. The molecule has 2 aromatic rings. The number of amides is 2. The summed E-state index contributed by atoms with van der Waals surface area (Å²) in [6, 6.07) is 6.64. The molecule has 1 aliphatic heterocycles. The Balaban J connectivity index is 1.79. The number of hydrogen-bond acceptors (Lipinski definition) is 7. The quantitative estimate of drug-likeness (QED) is 0.667. The van der Waals surface area contributed by atoms with E-state index in [-0.39, 0.29) is 24.0 Å². The minimum Gasteiger partial charge on any atom is -0.360 e. The fourth-order valence-electron chi connectivity index (χ4n) is 2.58. The van der Waals surface area contributed by atoms with Crippen molar-refractivity contribution in [3.63, 3.8) is 0 Å². The number of anilines is 2. The highest BCUT2D eigenvalue weighted by Crippen LogP contribution is 2.30. The predicted octanol–water partition coefficient (Wildman–Crippen LogP) is 3.16. The second-order valence-electron chi connectivity index (χ2n) is 5.62. The van der Waals surface area contributed by atoms with Gasteiger partial charge in [0, 0.05) is 18.9 Å². The Morgan fingerprint density at radius 3 is 2.62 bits per heavy atom. The molecule has 0 unspecified atom stereocenters. The van der Waals surface area contributed by atoms with Crippen LogP contribution in [0, 0.1) is 11.8 Å². The van der Waals surface area contributed by atoms with Gasteiger partial charge in [-0.25, -0.2) is 0 Å². The molecule has 8 nitrogen and oxygen atoms in total. The summed E-state index contributed by atoms with van der Waals surface area (Å²) >= 11 is 0. The zero-order valence-electron chi connectivity index (χ0n) is 13.1. The Kier molecular flexibility index (Phi) is 4.37. The van der Waals surface area contributed by atoms with E-state index in [9.17, 15) is 14.5 Å². The van der Waals surface area contributed by atoms with Crippen LogP contribution in [-0.2, 0) is 16.1 Å². The zero-order chi connectivity index (χ0) is 17.1. The average molecular weight is 328 g/mol. The number of likely N-dealkylation sites (tertiary alicyclic amines) is 1. The van der Waals surface area contributed by atoms with Crippen LogP contribution in [0.3, 0.4) is 0 Å². The number of rotatable bonds is 5. The van der Waals surface area contributed by atoms with E-state index in [0.29, 0.717) is 42.1 Å². The number of carbonyl (C=O) groups is 2. The normalized spacial score (nSPS) is 14.8. The Bertz CT molecular complexity index is 783. The van der Waals surface area contributed by atoms with Crippen molar-refractivity contribution >= 4 is 29.0 Å². The van der Waals surface area contributed by atoms with Gasteiger partial charge in [0.05, 0.1) is 12.2 Å². The summed E-state index contributed by atoms with van der Waals surface area (Å²) in [5.41, 5.74) is 1.30. The maximum absolute atomic E-state index is 11.9. The standard InChI is InChI=1S/C16H16N4O4/c1-10-7-14(19-24-10)17-12-6-5-11(8-13(12)18-23)9-20-15(21)3-2-4-16(20)22/h5-8H,2-4,9H2,1H3,(H,17,19). The molecular weight excluding hydrogens is 312 g/mol.